The van der Waals surface area contributed by atoms with Gasteiger partial charge in [0, 0.05) is 5.41 Å². The highest BCUT2D eigenvalue weighted by atomic mass is 35.5. The number of methoxy groups -OCH3 is 1. The molecule has 1 rings (SSSR count). The van der Waals surface area contributed by atoms with Crippen molar-refractivity contribution >= 4 is 17.6 Å². The number of carboxylic acids is 1. The van der Waals surface area contributed by atoms with Gasteiger partial charge in [-0.3, -0.25) is 4.79 Å². The van der Waals surface area contributed by atoms with Crippen LogP contribution in [0, 0.1) is 5.82 Å². The lowest BCUT2D eigenvalue weighted by molar-refractivity contribution is -0.138. The third kappa shape index (κ3) is 2.88. The molecule has 0 bridgehead atoms. The molecule has 0 aliphatic carbocycles. The van der Waals surface area contributed by atoms with Gasteiger partial charge in [-0.1, -0.05) is 31.5 Å². The van der Waals surface area contributed by atoms with Gasteiger partial charge in [-0.2, -0.15) is 0 Å². The van der Waals surface area contributed by atoms with Crippen LogP contribution in [0.3, 0.4) is 0 Å². The summed E-state index contributed by atoms with van der Waals surface area (Å²) in [6.45, 7) is 3.31. The zero-order chi connectivity index (χ0) is 13.2. The molecule has 1 aromatic rings. The Bertz CT molecular complexity index is 444. The maximum absolute atomic E-state index is 14.0. The normalized spacial score (nSPS) is 11.4. The molecule has 0 aliphatic rings. The molecule has 0 fully saturated rings. The molecule has 0 saturated carbocycles. The van der Waals surface area contributed by atoms with E-state index in [0.29, 0.717) is 0 Å². The Balaban J connectivity index is 3.24. The maximum atomic E-state index is 14.0. The van der Waals surface area contributed by atoms with Crippen LogP contribution >= 0.6 is 11.6 Å². The monoisotopic (exact) mass is 260 g/mol. The Labute approximate surface area is 104 Å². The average molecular weight is 261 g/mol. The Hall–Kier alpha value is -1.29. The van der Waals surface area contributed by atoms with E-state index in [1.54, 1.807) is 13.8 Å². The van der Waals surface area contributed by atoms with Gasteiger partial charge < -0.3 is 9.84 Å². The maximum Gasteiger partial charge on any atom is 0.304 e. The molecule has 0 heterocycles. The Morgan fingerprint density at radius 2 is 2.12 bits per heavy atom. The molecule has 3 nitrogen and oxygen atoms in total. The number of ether oxygens (including phenoxy) is 1. The van der Waals surface area contributed by atoms with Gasteiger partial charge in [-0.05, 0) is 11.6 Å². The summed E-state index contributed by atoms with van der Waals surface area (Å²) in [6, 6.07) is 3.04. The summed E-state index contributed by atoms with van der Waals surface area (Å²) in [4.78, 5) is 10.7. The zero-order valence-corrected chi connectivity index (χ0v) is 10.6. The fraction of sp³-hybridized carbons (Fsp3) is 0.417. The first-order valence-electron chi connectivity index (χ1n) is 5.04. The molecular weight excluding hydrogens is 247 g/mol. The van der Waals surface area contributed by atoms with Crippen molar-refractivity contribution < 1.29 is 19.0 Å². The van der Waals surface area contributed by atoms with Crippen molar-refractivity contribution in [2.75, 3.05) is 7.11 Å². The van der Waals surface area contributed by atoms with Crippen LogP contribution in [0.1, 0.15) is 25.8 Å². The average Bonchev–Trinajstić information content (AvgIpc) is 2.19. The smallest absolute Gasteiger partial charge is 0.304 e. The number of hydrogen-bond acceptors (Lipinski definition) is 2. The lowest BCUT2D eigenvalue weighted by Gasteiger charge is -2.24. The van der Waals surface area contributed by atoms with E-state index in [2.05, 4.69) is 0 Å². The first-order valence-corrected chi connectivity index (χ1v) is 5.41. The molecule has 1 aromatic carbocycles. The third-order valence-corrected chi connectivity index (χ3v) is 2.94. The van der Waals surface area contributed by atoms with Crippen molar-refractivity contribution in [3.05, 3.63) is 28.5 Å². The summed E-state index contributed by atoms with van der Waals surface area (Å²) in [5.41, 5.74) is -0.558. The van der Waals surface area contributed by atoms with E-state index in [4.69, 9.17) is 21.4 Å². The fourth-order valence-corrected chi connectivity index (χ4v) is 1.93. The van der Waals surface area contributed by atoms with Crippen LogP contribution in [-0.2, 0) is 10.2 Å². The molecule has 1 N–H and O–H groups in total. The quantitative estimate of drug-likeness (QED) is 0.904. The van der Waals surface area contributed by atoms with Crippen molar-refractivity contribution in [1.29, 1.82) is 0 Å². The molecule has 0 atom stereocenters. The predicted octanol–water partition coefficient (Wildman–Crippen LogP) is 3.24. The molecular formula is C12H14ClFO3. The minimum Gasteiger partial charge on any atom is -0.495 e. The van der Waals surface area contributed by atoms with Crippen molar-refractivity contribution in [3.63, 3.8) is 0 Å². The molecule has 17 heavy (non-hydrogen) atoms. The molecule has 0 aromatic heterocycles. The lowest BCUT2D eigenvalue weighted by Crippen LogP contribution is -2.23. The second-order valence-electron chi connectivity index (χ2n) is 4.40. The molecule has 94 valence electrons. The van der Waals surface area contributed by atoms with E-state index in [-0.39, 0.29) is 22.8 Å². The first-order chi connectivity index (χ1) is 7.79. The lowest BCUT2D eigenvalue weighted by atomic mass is 9.81. The van der Waals surface area contributed by atoms with Crippen molar-refractivity contribution in [1.82, 2.24) is 0 Å². The molecule has 0 amide bonds. The van der Waals surface area contributed by atoms with Gasteiger partial charge in [0.15, 0.2) is 0 Å². The molecule has 0 unspecified atom stereocenters. The van der Waals surface area contributed by atoms with E-state index < -0.39 is 17.2 Å². The first kappa shape index (κ1) is 13.8. The number of benzene rings is 1. The van der Waals surface area contributed by atoms with Gasteiger partial charge >= 0.3 is 5.97 Å². The summed E-state index contributed by atoms with van der Waals surface area (Å²) in [7, 11) is 1.39. The Morgan fingerprint density at radius 3 is 2.59 bits per heavy atom. The predicted molar refractivity (Wildman–Crippen MR) is 63.2 cm³/mol. The van der Waals surface area contributed by atoms with Crippen LogP contribution in [0.2, 0.25) is 5.02 Å². The standard InChI is InChI=1S/C12H14ClFO3/c1-12(2,6-9(15)16)7-4-5-8(17-3)10(13)11(7)14/h4-5H,6H2,1-3H3,(H,15,16). The van der Waals surface area contributed by atoms with Gasteiger partial charge in [0.05, 0.1) is 13.5 Å². The highest BCUT2D eigenvalue weighted by Crippen LogP contribution is 2.36. The number of halogens is 2. The van der Waals surface area contributed by atoms with E-state index in [1.807, 2.05) is 0 Å². The molecule has 0 radical (unpaired) electrons. The highest BCUT2D eigenvalue weighted by Gasteiger charge is 2.29. The number of carboxylic acid groups (broad SMARTS) is 1. The molecule has 5 heteroatoms. The van der Waals surface area contributed by atoms with Gasteiger partial charge in [0.25, 0.3) is 0 Å². The number of carbonyl (C=O) groups is 1. The van der Waals surface area contributed by atoms with Gasteiger partial charge in [0.1, 0.15) is 16.6 Å². The SMILES string of the molecule is COc1ccc(C(C)(C)CC(=O)O)c(F)c1Cl. The van der Waals surface area contributed by atoms with Crippen molar-refractivity contribution in [3.8, 4) is 5.75 Å². The second-order valence-corrected chi connectivity index (χ2v) is 4.78. The minimum absolute atomic E-state index is 0.122. The third-order valence-electron chi connectivity index (χ3n) is 2.59. The van der Waals surface area contributed by atoms with E-state index in [0.717, 1.165) is 0 Å². The number of rotatable bonds is 4. The van der Waals surface area contributed by atoms with Crippen molar-refractivity contribution in [2.24, 2.45) is 0 Å². The van der Waals surface area contributed by atoms with Crippen molar-refractivity contribution in [2.45, 2.75) is 25.7 Å². The topological polar surface area (TPSA) is 46.5 Å². The van der Waals surface area contributed by atoms with Crippen LogP contribution in [0.15, 0.2) is 12.1 Å². The van der Waals surface area contributed by atoms with Gasteiger partial charge in [-0.15, -0.1) is 0 Å². The van der Waals surface area contributed by atoms with Crippen LogP contribution in [0.4, 0.5) is 4.39 Å². The summed E-state index contributed by atoms with van der Waals surface area (Å²) in [5.74, 6) is -1.38. The number of aliphatic carboxylic acids is 1. The van der Waals surface area contributed by atoms with Crippen LogP contribution in [-0.4, -0.2) is 18.2 Å². The largest absolute Gasteiger partial charge is 0.495 e. The Morgan fingerprint density at radius 1 is 1.53 bits per heavy atom. The molecule has 0 spiro atoms. The summed E-state index contributed by atoms with van der Waals surface area (Å²) < 4.78 is 18.9. The number of hydrogen-bond donors (Lipinski definition) is 1. The molecule has 0 aliphatic heterocycles. The summed E-state index contributed by atoms with van der Waals surface area (Å²) >= 11 is 5.79. The fourth-order valence-electron chi connectivity index (χ4n) is 1.69. The van der Waals surface area contributed by atoms with Crippen LogP contribution in [0.25, 0.3) is 0 Å². The summed E-state index contributed by atoms with van der Waals surface area (Å²) in [5, 5.41) is 8.67. The highest BCUT2D eigenvalue weighted by molar-refractivity contribution is 6.32. The van der Waals surface area contributed by atoms with E-state index >= 15 is 0 Å². The molecule has 0 saturated heterocycles. The second kappa shape index (κ2) is 4.92. The van der Waals surface area contributed by atoms with E-state index in [9.17, 15) is 9.18 Å². The van der Waals surface area contributed by atoms with Gasteiger partial charge in [-0.25, -0.2) is 4.39 Å². The minimum atomic E-state index is -0.985. The van der Waals surface area contributed by atoms with Crippen LogP contribution in [0.5, 0.6) is 5.75 Å². The Kier molecular flexibility index (Phi) is 3.98. The van der Waals surface area contributed by atoms with Crippen LogP contribution < -0.4 is 4.74 Å². The van der Waals surface area contributed by atoms with E-state index in [1.165, 1.54) is 19.2 Å². The zero-order valence-electron chi connectivity index (χ0n) is 9.88. The van der Waals surface area contributed by atoms with Gasteiger partial charge in [0.2, 0.25) is 0 Å². The summed E-state index contributed by atoms with van der Waals surface area (Å²) in [6.07, 6.45) is -0.174.